The predicted octanol–water partition coefficient (Wildman–Crippen LogP) is 0.627. The molecule has 4 heterocycles. The van der Waals surface area contributed by atoms with Gasteiger partial charge in [0.05, 0.1) is 24.8 Å². The van der Waals surface area contributed by atoms with Gasteiger partial charge in [-0.3, -0.25) is 9.97 Å². The fourth-order valence-electron chi connectivity index (χ4n) is 3.90. The Balaban J connectivity index is 1.71. The first-order valence-corrected chi connectivity index (χ1v) is 12.3. The highest BCUT2D eigenvalue weighted by molar-refractivity contribution is 7.89. The fourth-order valence-corrected chi connectivity index (χ4v) is 4.40. The number of sulfonamides is 1. The number of rotatable bonds is 7. The van der Waals surface area contributed by atoms with E-state index in [4.69, 9.17) is 10.1 Å². The lowest BCUT2D eigenvalue weighted by Gasteiger charge is -2.15. The first-order valence-electron chi connectivity index (χ1n) is 10.8. The Labute approximate surface area is 201 Å². The van der Waals surface area contributed by atoms with Crippen LogP contribution in [-0.2, 0) is 10.0 Å². The Morgan fingerprint density at radius 1 is 1.09 bits per heavy atom. The Morgan fingerprint density at radius 3 is 2.60 bits per heavy atom. The Morgan fingerprint density at radius 2 is 1.89 bits per heavy atom. The molecule has 1 aliphatic rings. The van der Waals surface area contributed by atoms with Crippen LogP contribution in [-0.4, -0.2) is 40.2 Å². The summed E-state index contributed by atoms with van der Waals surface area (Å²) in [6.07, 6.45) is 6.83. The van der Waals surface area contributed by atoms with Crippen LogP contribution in [0.4, 0.5) is 5.82 Å². The summed E-state index contributed by atoms with van der Waals surface area (Å²) in [5.74, 6) is 0.714. The van der Waals surface area contributed by atoms with Crippen LogP contribution in [0.25, 0.3) is 17.0 Å². The summed E-state index contributed by atoms with van der Waals surface area (Å²) in [4.78, 5) is 13.0. The van der Waals surface area contributed by atoms with Gasteiger partial charge in [0.15, 0.2) is 6.21 Å². The minimum Gasteiger partial charge on any atom is -0.394 e. The molecule has 0 aliphatic carbocycles. The van der Waals surface area contributed by atoms with Crippen molar-refractivity contribution >= 4 is 21.4 Å². The zero-order chi connectivity index (χ0) is 24.4. The number of hydrogen-bond donors (Lipinski definition) is 3. The molecule has 5 rings (SSSR count). The molecule has 3 aromatic heterocycles. The number of nitrogens with zero attached hydrogens (tertiary/aromatic N) is 5. The third kappa shape index (κ3) is 4.64. The van der Waals surface area contributed by atoms with E-state index >= 15 is 0 Å². The van der Waals surface area contributed by atoms with Crippen LogP contribution >= 0.6 is 0 Å². The molecular weight excluding hydrogens is 466 g/mol. The summed E-state index contributed by atoms with van der Waals surface area (Å²) in [6, 6.07) is 16.2. The highest BCUT2D eigenvalue weighted by atomic mass is 32.2. The summed E-state index contributed by atoms with van der Waals surface area (Å²) in [5, 5.41) is 24.1. The van der Waals surface area contributed by atoms with Crippen molar-refractivity contribution in [3.8, 4) is 11.4 Å². The molecule has 11 heteroatoms. The molecule has 0 saturated carbocycles. The van der Waals surface area contributed by atoms with E-state index in [0.717, 1.165) is 16.5 Å². The summed E-state index contributed by atoms with van der Waals surface area (Å²) in [7, 11) is -3.95. The van der Waals surface area contributed by atoms with Gasteiger partial charge in [0.2, 0.25) is 21.7 Å². The smallest absolute Gasteiger partial charge is 0.284 e. The molecule has 0 fully saturated rings. The number of benzene rings is 1. The molecule has 0 bridgehead atoms. The van der Waals surface area contributed by atoms with Crippen molar-refractivity contribution in [2.24, 2.45) is 5.14 Å². The minimum absolute atomic E-state index is 0.138. The maximum absolute atomic E-state index is 11.8. The summed E-state index contributed by atoms with van der Waals surface area (Å²) in [5.41, 5.74) is 3.06. The molecule has 0 amide bonds. The van der Waals surface area contributed by atoms with Crippen molar-refractivity contribution in [2.75, 3.05) is 11.9 Å². The number of pyridine rings is 2. The van der Waals surface area contributed by atoms with Crippen molar-refractivity contribution in [1.82, 2.24) is 20.1 Å². The minimum atomic E-state index is -3.95. The highest BCUT2D eigenvalue weighted by Crippen LogP contribution is 2.22. The fraction of sp³-hybridized carbons (Fsp3) is 0.125. The van der Waals surface area contributed by atoms with Gasteiger partial charge in [-0.05, 0) is 28.1 Å². The Hall–Kier alpha value is -4.06. The zero-order valence-corrected chi connectivity index (χ0v) is 19.3. The molecule has 0 spiro atoms. The number of primary sulfonamides is 1. The number of nitrogens with one attached hydrogen (secondary N) is 1. The topological polar surface area (TPSA) is 150 Å². The quantitative estimate of drug-likeness (QED) is 0.321. The van der Waals surface area contributed by atoms with Crippen molar-refractivity contribution in [3.05, 3.63) is 96.0 Å². The molecule has 0 saturated heterocycles. The van der Waals surface area contributed by atoms with Gasteiger partial charge in [0, 0.05) is 34.8 Å². The number of aliphatic hydroxyl groups excluding tert-OH is 1. The zero-order valence-electron chi connectivity index (χ0n) is 18.5. The summed E-state index contributed by atoms with van der Waals surface area (Å²) >= 11 is 0. The van der Waals surface area contributed by atoms with Gasteiger partial charge < -0.3 is 10.4 Å². The molecule has 1 aromatic carbocycles. The van der Waals surface area contributed by atoms with Crippen LogP contribution in [0.15, 0.2) is 78.1 Å². The van der Waals surface area contributed by atoms with E-state index in [0.29, 0.717) is 23.5 Å². The maximum Gasteiger partial charge on any atom is 0.284 e. The lowest BCUT2D eigenvalue weighted by molar-refractivity contribution is -0.587. The number of aliphatic hydroxyl groups is 1. The van der Waals surface area contributed by atoms with E-state index in [1.54, 1.807) is 16.6 Å². The second-order valence-corrected chi connectivity index (χ2v) is 9.46. The van der Waals surface area contributed by atoms with Gasteiger partial charge in [-0.2, -0.15) is 4.98 Å². The first-order chi connectivity index (χ1) is 16.9. The van der Waals surface area contributed by atoms with Crippen LogP contribution in [0.5, 0.6) is 0 Å². The number of nitrogens with two attached hydrogens (primary N) is 1. The van der Waals surface area contributed by atoms with Gasteiger partial charge in [-0.25, -0.2) is 13.6 Å². The van der Waals surface area contributed by atoms with E-state index in [1.165, 1.54) is 18.5 Å². The van der Waals surface area contributed by atoms with Gasteiger partial charge in [0.1, 0.15) is 4.90 Å². The highest BCUT2D eigenvalue weighted by Gasteiger charge is 2.26. The Bertz CT molecular complexity index is 1610. The van der Waals surface area contributed by atoms with Crippen LogP contribution in [0.3, 0.4) is 0 Å². The molecule has 1 unspecified atom stereocenters. The maximum atomic E-state index is 11.8. The van der Waals surface area contributed by atoms with Crippen LogP contribution < -0.4 is 20.2 Å². The number of anilines is 1. The molecule has 0 radical (unpaired) electrons. The molecule has 35 heavy (non-hydrogen) atoms. The molecule has 4 aromatic rings. The van der Waals surface area contributed by atoms with Gasteiger partial charge in [-0.1, -0.05) is 36.4 Å². The van der Waals surface area contributed by atoms with Gasteiger partial charge >= 0.3 is 0 Å². The van der Waals surface area contributed by atoms with Crippen LogP contribution in [0.1, 0.15) is 23.7 Å². The molecule has 4 N–H and O–H groups in total. The first kappa shape index (κ1) is 22.7. The molecular formula is C24H22N7O3S+. The third-order valence-corrected chi connectivity index (χ3v) is 6.47. The molecule has 1 aliphatic heterocycles. The summed E-state index contributed by atoms with van der Waals surface area (Å²) < 4.78 is 25.4. The van der Waals surface area contributed by atoms with Crippen molar-refractivity contribution in [2.45, 2.75) is 17.4 Å². The number of fused-ring (bicyclic) bond motifs is 1. The molecule has 1 atom stereocenters. The second kappa shape index (κ2) is 9.29. The summed E-state index contributed by atoms with van der Waals surface area (Å²) in [6.45, 7) is -0.220. The molecule has 10 nitrogen and oxygen atoms in total. The van der Waals surface area contributed by atoms with Crippen molar-refractivity contribution in [1.29, 1.82) is 0 Å². The third-order valence-electron chi connectivity index (χ3n) is 5.59. The Kier molecular flexibility index (Phi) is 6.03. The van der Waals surface area contributed by atoms with Crippen LogP contribution in [0.2, 0.25) is 0 Å². The van der Waals surface area contributed by atoms with Crippen molar-refractivity contribution in [3.63, 3.8) is 0 Å². The average Bonchev–Trinajstić information content (AvgIpc) is 3.32. The lowest BCUT2D eigenvalue weighted by atomic mass is 10.0. The second-order valence-electron chi connectivity index (χ2n) is 7.90. The van der Waals surface area contributed by atoms with E-state index in [2.05, 4.69) is 20.4 Å². The van der Waals surface area contributed by atoms with E-state index in [-0.39, 0.29) is 17.3 Å². The van der Waals surface area contributed by atoms with Gasteiger partial charge in [-0.15, -0.1) is 0 Å². The van der Waals surface area contributed by atoms with E-state index in [9.17, 15) is 13.5 Å². The molecule has 176 valence electrons. The van der Waals surface area contributed by atoms with E-state index < -0.39 is 16.1 Å². The number of hydrogen-bond acceptors (Lipinski definition) is 8. The van der Waals surface area contributed by atoms with E-state index in [1.807, 2.05) is 48.7 Å². The SMILES string of the molecule is NS(=O)(=O)c1cncc(-c2nc(NC(CO)c3ccccn3)c3[n+](n2)=CCC=3c2ccccc2)c1. The monoisotopic (exact) mass is 488 g/mol. The van der Waals surface area contributed by atoms with Crippen molar-refractivity contribution < 1.29 is 17.9 Å². The van der Waals surface area contributed by atoms with Gasteiger partial charge in [0.25, 0.3) is 5.35 Å². The number of aromatic nitrogens is 5. The standard InChI is InChI=1S/C24H22N7O3S/c25-35(33,34)18-12-17(13-26-14-18)23-29-24(28-21(15-32)20-8-4-5-10-27-20)22-19(9-11-31(22)30-23)16-6-2-1-3-7-16/h1-8,10-14,21,32H,9,15H2,(H2,25,33,34)(H,28,29,30)/q+1. The predicted molar refractivity (Wildman–Crippen MR) is 127 cm³/mol. The normalized spacial score (nSPS) is 13.7. The van der Waals surface area contributed by atoms with Crippen LogP contribution in [0, 0.1) is 6.21 Å². The average molecular weight is 489 g/mol. The lowest BCUT2D eigenvalue weighted by Crippen LogP contribution is -2.43. The largest absolute Gasteiger partial charge is 0.394 e.